The van der Waals surface area contributed by atoms with Gasteiger partial charge in [0.25, 0.3) is 0 Å². The number of aryl methyl sites for hydroxylation is 1. The Balaban J connectivity index is 1.19. The van der Waals surface area contributed by atoms with E-state index in [9.17, 15) is 0 Å². The molecule has 352 valence electrons. The number of unbranched alkanes of at least 4 members (excludes halogenated alkanes) is 22. The Labute approximate surface area is 411 Å². The molecule has 0 saturated heterocycles. The second-order valence-electron chi connectivity index (χ2n) is 20.9. The van der Waals surface area contributed by atoms with Gasteiger partial charge in [-0.1, -0.05) is 168 Å². The maximum absolute atomic E-state index is 3.75. The normalized spacial score (nSPS) is 12.6. The van der Waals surface area contributed by atoms with Crippen LogP contribution in [0, 0.1) is 30.6 Å². The van der Waals surface area contributed by atoms with Gasteiger partial charge in [-0.2, -0.15) is 0 Å². The maximum atomic E-state index is 3.75. The zero-order valence-electron chi connectivity index (χ0n) is 42.6. The molecule has 3 heteroatoms. The average Bonchev–Trinajstić information content (AvgIpc) is 3.93. The van der Waals surface area contributed by atoms with Crippen molar-refractivity contribution < 1.29 is 0 Å². The van der Waals surface area contributed by atoms with Crippen molar-refractivity contribution >= 4 is 64.1 Å². The van der Waals surface area contributed by atoms with Crippen molar-refractivity contribution in [2.24, 2.45) is 0 Å². The van der Waals surface area contributed by atoms with Crippen molar-refractivity contribution in [3.8, 4) is 23.7 Å². The van der Waals surface area contributed by atoms with E-state index in [4.69, 9.17) is 0 Å². The Kier molecular flexibility index (Phi) is 24.2. The van der Waals surface area contributed by atoms with Gasteiger partial charge in [-0.15, -0.1) is 0 Å². The zero-order chi connectivity index (χ0) is 46.3. The SMILES string of the molecule is CCCCCCCCCCCCCCC(C)c1ccc(C#Cc2c3c[c]([Sn]([CH3])([CH3])[CH3])sc3c(C#Cc3ccc(C(C)CCCCCCCCCCCCCC)cc3)c3cc(C)sc23)cc1. The van der Waals surface area contributed by atoms with Gasteiger partial charge in [-0.05, 0) is 0 Å². The molecule has 2 atom stereocenters. The van der Waals surface area contributed by atoms with E-state index in [1.165, 1.54) is 214 Å². The Hall–Kier alpha value is -2.50. The first-order valence-corrected chi connectivity index (χ1v) is 38.4. The van der Waals surface area contributed by atoms with Crippen molar-refractivity contribution in [1.29, 1.82) is 0 Å². The number of hydrogen-bond acceptors (Lipinski definition) is 2. The molecule has 0 fully saturated rings. The van der Waals surface area contributed by atoms with E-state index < -0.39 is 18.4 Å². The van der Waals surface area contributed by atoms with Crippen LogP contribution in [-0.2, 0) is 0 Å². The van der Waals surface area contributed by atoms with Crippen molar-refractivity contribution in [3.05, 3.63) is 98.9 Å². The monoisotopic (exact) mass is 1020 g/mol. The molecule has 0 aliphatic heterocycles. The quantitative estimate of drug-likeness (QED) is 0.0254. The van der Waals surface area contributed by atoms with Gasteiger partial charge in [0, 0.05) is 0 Å². The molecule has 0 saturated carbocycles. The molecule has 0 radical (unpaired) electrons. The summed E-state index contributed by atoms with van der Waals surface area (Å²) in [7, 11) is 0. The molecule has 5 aromatic rings. The third kappa shape index (κ3) is 18.2. The van der Waals surface area contributed by atoms with Crippen molar-refractivity contribution in [2.75, 3.05) is 0 Å². The van der Waals surface area contributed by atoms with Crippen molar-refractivity contribution in [3.63, 3.8) is 0 Å². The van der Waals surface area contributed by atoms with Crippen molar-refractivity contribution in [1.82, 2.24) is 0 Å². The number of benzene rings is 3. The van der Waals surface area contributed by atoms with Gasteiger partial charge in [0.05, 0.1) is 0 Å². The summed E-state index contributed by atoms with van der Waals surface area (Å²) in [6.45, 7) is 11.6. The third-order valence-electron chi connectivity index (χ3n) is 13.9. The number of fused-ring (bicyclic) bond motifs is 2. The second-order valence-corrected chi connectivity index (χ2v) is 38.6. The minimum atomic E-state index is -2.39. The van der Waals surface area contributed by atoms with E-state index in [0.29, 0.717) is 11.8 Å². The molecular weight excluding hydrogens is 928 g/mol. The standard InChI is InChI=1S/C59H79S2.3CH3.Sn/c1-6-8-10-12-14-16-18-20-22-24-26-28-30-47(3)52-38-32-50(33-39-52)36-42-54-56-44-45-60-58(56)55(57-46-49(5)61-59(54)57)43-37-51-34-40-53(41-35-51)48(4)31-29-27-25-23-21-19-17-15-13-11-9-7-2;;;;/h32-35,38-41,44,46-48H,6-31H2,1-5H3;3*1H3;. The molecule has 2 aromatic heterocycles. The molecule has 0 bridgehead atoms. The van der Waals surface area contributed by atoms with E-state index >= 15 is 0 Å². The van der Waals surface area contributed by atoms with Crippen LogP contribution >= 0.6 is 22.7 Å². The summed E-state index contributed by atoms with van der Waals surface area (Å²) >= 11 is 1.49. The van der Waals surface area contributed by atoms with Gasteiger partial charge in [0.15, 0.2) is 0 Å². The fraction of sp³-hybridized carbons (Fsp3) is 0.581. The van der Waals surface area contributed by atoms with E-state index in [1.807, 2.05) is 22.7 Å². The molecular formula is C62H88S2Sn. The Bertz CT molecular complexity index is 2090. The summed E-state index contributed by atoms with van der Waals surface area (Å²) < 4.78 is 4.20. The van der Waals surface area contributed by atoms with E-state index in [2.05, 4.69) is 134 Å². The zero-order valence-corrected chi connectivity index (χ0v) is 47.1. The van der Waals surface area contributed by atoms with Gasteiger partial charge in [-0.3, -0.25) is 0 Å². The number of rotatable bonds is 29. The summed E-state index contributed by atoms with van der Waals surface area (Å²) in [5.74, 6) is 15.9. The fourth-order valence-electron chi connectivity index (χ4n) is 9.49. The van der Waals surface area contributed by atoms with Crippen LogP contribution in [0.25, 0.3) is 20.2 Å². The fourth-order valence-corrected chi connectivity index (χ4v) is 16.9. The van der Waals surface area contributed by atoms with Gasteiger partial charge in [0.2, 0.25) is 0 Å². The Morgan fingerprint density at radius 1 is 0.431 bits per heavy atom. The Morgan fingerprint density at radius 3 is 1.14 bits per heavy atom. The van der Waals surface area contributed by atoms with Crippen LogP contribution in [0.15, 0.2) is 60.7 Å². The molecule has 3 aromatic carbocycles. The van der Waals surface area contributed by atoms with Gasteiger partial charge in [-0.25, -0.2) is 0 Å². The summed E-state index contributed by atoms with van der Waals surface area (Å²) in [5.41, 5.74) is 7.46. The molecule has 0 aliphatic rings. The summed E-state index contributed by atoms with van der Waals surface area (Å²) in [4.78, 5) is 8.91. The van der Waals surface area contributed by atoms with Crippen LogP contribution in [0.5, 0.6) is 0 Å². The van der Waals surface area contributed by atoms with E-state index in [1.54, 1.807) is 2.89 Å². The summed E-state index contributed by atoms with van der Waals surface area (Å²) in [5, 5.41) is 2.57. The summed E-state index contributed by atoms with van der Waals surface area (Å²) in [6.07, 6.45) is 36.3. The van der Waals surface area contributed by atoms with Crippen LogP contribution in [0.2, 0.25) is 14.8 Å². The molecule has 0 spiro atoms. The third-order valence-corrected chi connectivity index (χ3v) is 25.6. The topological polar surface area (TPSA) is 0 Å². The molecule has 65 heavy (non-hydrogen) atoms. The molecule has 5 rings (SSSR count). The van der Waals surface area contributed by atoms with Gasteiger partial charge >= 0.3 is 247 Å². The molecule has 0 N–H and O–H groups in total. The first-order valence-electron chi connectivity index (χ1n) is 26.8. The minimum absolute atomic E-state index is 0.588. The molecule has 0 aliphatic carbocycles. The molecule has 2 heterocycles. The van der Waals surface area contributed by atoms with Gasteiger partial charge in [0.1, 0.15) is 0 Å². The van der Waals surface area contributed by atoms with Crippen LogP contribution in [-0.4, -0.2) is 18.4 Å². The van der Waals surface area contributed by atoms with Crippen molar-refractivity contribution in [2.45, 2.75) is 228 Å². The number of thiophene rings is 2. The van der Waals surface area contributed by atoms with Crippen LogP contribution < -0.4 is 2.89 Å². The molecule has 0 nitrogen and oxygen atoms in total. The second kappa shape index (κ2) is 29.4. The first kappa shape index (κ1) is 53.5. The molecule has 0 amide bonds. The number of hydrogen-bond donors (Lipinski definition) is 0. The predicted molar refractivity (Wildman–Crippen MR) is 298 cm³/mol. The van der Waals surface area contributed by atoms with E-state index in [-0.39, 0.29) is 0 Å². The summed E-state index contributed by atoms with van der Waals surface area (Å²) in [6, 6.07) is 23.2. The first-order chi connectivity index (χ1) is 31.6. The predicted octanol–water partition coefficient (Wildman–Crippen LogP) is 20.2. The van der Waals surface area contributed by atoms with E-state index in [0.717, 1.165) is 11.1 Å². The molecule has 2 unspecified atom stereocenters. The Morgan fingerprint density at radius 2 is 0.769 bits per heavy atom. The van der Waals surface area contributed by atoms with Gasteiger partial charge < -0.3 is 0 Å². The van der Waals surface area contributed by atoms with Crippen LogP contribution in [0.1, 0.15) is 245 Å². The average molecular weight is 1020 g/mol. The van der Waals surface area contributed by atoms with Crippen LogP contribution in [0.3, 0.4) is 0 Å². The van der Waals surface area contributed by atoms with Crippen LogP contribution in [0.4, 0.5) is 0 Å².